The normalized spacial score (nSPS) is 12.1. The van der Waals surface area contributed by atoms with Gasteiger partial charge in [0.25, 0.3) is 6.08 Å². The summed E-state index contributed by atoms with van der Waals surface area (Å²) in [4.78, 5) is 21.3. The molecule has 0 radical (unpaired) electrons. The van der Waals surface area contributed by atoms with Crippen LogP contribution in [0.4, 0.5) is 22.0 Å². The van der Waals surface area contributed by atoms with Crippen LogP contribution in [0.25, 0.3) is 16.8 Å². The number of carboxylic acids is 1. The zero-order valence-corrected chi connectivity index (χ0v) is 17.5. The van der Waals surface area contributed by atoms with E-state index in [0.717, 1.165) is 20.5 Å². The Labute approximate surface area is 192 Å². The summed E-state index contributed by atoms with van der Waals surface area (Å²) >= 11 is 0. The molecule has 3 aromatic rings. The lowest BCUT2D eigenvalue weighted by Crippen LogP contribution is -2.26. The van der Waals surface area contributed by atoms with Gasteiger partial charge < -0.3 is 20.3 Å². The van der Waals surface area contributed by atoms with Gasteiger partial charge in [-0.05, 0) is 45.8 Å². The van der Waals surface area contributed by atoms with Crippen LogP contribution in [0.5, 0.6) is 11.5 Å². The van der Waals surface area contributed by atoms with Crippen LogP contribution in [0, 0.1) is 0 Å². The van der Waals surface area contributed by atoms with E-state index in [1.54, 1.807) is 12.1 Å². The van der Waals surface area contributed by atoms with Crippen molar-refractivity contribution in [1.29, 1.82) is 0 Å². The second-order valence-corrected chi connectivity index (χ2v) is 6.82. The number of nitrogens with two attached hydrogens (primary N) is 1. The summed E-state index contributed by atoms with van der Waals surface area (Å²) in [6.07, 6.45) is -7.00. The van der Waals surface area contributed by atoms with Crippen molar-refractivity contribution < 1.29 is 41.3 Å². The van der Waals surface area contributed by atoms with Gasteiger partial charge in [0.15, 0.2) is 11.5 Å². The van der Waals surface area contributed by atoms with Crippen LogP contribution >= 0.6 is 0 Å². The largest absolute Gasteiger partial charge is 0.490 e. The Morgan fingerprint density at radius 1 is 1.03 bits per heavy atom. The standard InChI is InChI=1S/C18H15F2N5O3.C2HF3O2/c19-17(20)13(8-21)9-24-18(26)25(23-22-24)14-4-1-11(2-5-14)12-3-6-15-16(7-12)28-10-27-15;3-2(4,5)1(6)7/h1-7H,8-10,21H2;(H,6,7). The molecule has 0 amide bonds. The van der Waals surface area contributed by atoms with Crippen molar-refractivity contribution in [2.24, 2.45) is 5.73 Å². The molecule has 0 bridgehead atoms. The Kier molecular flexibility index (Phi) is 7.49. The number of ether oxygens (including phenoxy) is 2. The molecule has 35 heavy (non-hydrogen) atoms. The van der Waals surface area contributed by atoms with E-state index in [9.17, 15) is 26.7 Å². The van der Waals surface area contributed by atoms with Crippen LogP contribution in [0.15, 0.2) is 58.9 Å². The fourth-order valence-electron chi connectivity index (χ4n) is 2.79. The first kappa shape index (κ1) is 25.4. The summed E-state index contributed by atoms with van der Waals surface area (Å²) in [5.41, 5.74) is 6.54. The number of nitrogens with zero attached hydrogens (tertiary/aromatic N) is 4. The number of carboxylic acid groups (broad SMARTS) is 1. The molecule has 1 aromatic heterocycles. The molecule has 186 valence electrons. The quantitative estimate of drug-likeness (QED) is 0.510. The van der Waals surface area contributed by atoms with Crippen molar-refractivity contribution >= 4 is 5.97 Å². The van der Waals surface area contributed by atoms with Gasteiger partial charge in [0, 0.05) is 12.1 Å². The van der Waals surface area contributed by atoms with E-state index in [0.29, 0.717) is 17.2 Å². The molecule has 2 aromatic carbocycles. The molecular formula is C20H16F5N5O5. The number of fused-ring (bicyclic) bond motifs is 1. The van der Waals surface area contributed by atoms with Crippen molar-refractivity contribution in [1.82, 2.24) is 19.8 Å². The van der Waals surface area contributed by atoms with E-state index >= 15 is 0 Å². The summed E-state index contributed by atoms with van der Waals surface area (Å²) in [5.74, 6) is -1.39. The Balaban J connectivity index is 0.000000429. The van der Waals surface area contributed by atoms with Crippen LogP contribution in [0.1, 0.15) is 0 Å². The number of aliphatic carboxylic acids is 1. The fraction of sp³-hybridized carbons (Fsp3) is 0.200. The Hall–Kier alpha value is -4.27. The van der Waals surface area contributed by atoms with Crippen LogP contribution in [-0.2, 0) is 11.3 Å². The number of hydrogen-bond donors (Lipinski definition) is 2. The van der Waals surface area contributed by atoms with Crippen molar-refractivity contribution in [3.63, 3.8) is 0 Å². The molecule has 0 saturated carbocycles. The van der Waals surface area contributed by atoms with Gasteiger partial charge >= 0.3 is 17.8 Å². The highest BCUT2D eigenvalue weighted by Gasteiger charge is 2.38. The molecular weight excluding hydrogens is 485 g/mol. The van der Waals surface area contributed by atoms with Crippen molar-refractivity contribution in [2.45, 2.75) is 12.7 Å². The molecule has 10 nitrogen and oxygen atoms in total. The molecule has 1 aliphatic heterocycles. The summed E-state index contributed by atoms with van der Waals surface area (Å²) in [6.45, 7) is -0.581. The van der Waals surface area contributed by atoms with Crippen LogP contribution in [0.2, 0.25) is 0 Å². The van der Waals surface area contributed by atoms with E-state index in [2.05, 4.69) is 10.4 Å². The van der Waals surface area contributed by atoms with E-state index in [1.807, 2.05) is 30.3 Å². The summed E-state index contributed by atoms with van der Waals surface area (Å²) < 4.78 is 69.8. The third-order valence-electron chi connectivity index (χ3n) is 4.55. The maximum absolute atomic E-state index is 12.7. The molecule has 0 aliphatic carbocycles. The van der Waals surface area contributed by atoms with Gasteiger partial charge in [-0.1, -0.05) is 18.2 Å². The van der Waals surface area contributed by atoms with Crippen LogP contribution in [-0.4, -0.2) is 50.4 Å². The van der Waals surface area contributed by atoms with Gasteiger partial charge in [0.2, 0.25) is 6.79 Å². The molecule has 15 heteroatoms. The van der Waals surface area contributed by atoms with E-state index < -0.39 is 30.5 Å². The highest BCUT2D eigenvalue weighted by Crippen LogP contribution is 2.35. The summed E-state index contributed by atoms with van der Waals surface area (Å²) in [6, 6.07) is 12.6. The van der Waals surface area contributed by atoms with Gasteiger partial charge in [-0.3, -0.25) is 0 Å². The van der Waals surface area contributed by atoms with E-state index in [-0.39, 0.29) is 18.9 Å². The van der Waals surface area contributed by atoms with Crippen molar-refractivity contribution in [2.75, 3.05) is 13.3 Å². The van der Waals surface area contributed by atoms with Crippen LogP contribution < -0.4 is 20.9 Å². The molecule has 0 fully saturated rings. The van der Waals surface area contributed by atoms with Crippen LogP contribution in [0.3, 0.4) is 0 Å². The second-order valence-electron chi connectivity index (χ2n) is 6.82. The number of alkyl halides is 3. The Morgan fingerprint density at radius 3 is 2.20 bits per heavy atom. The predicted molar refractivity (Wildman–Crippen MR) is 109 cm³/mol. The molecule has 3 N–H and O–H groups in total. The average molecular weight is 501 g/mol. The number of carbonyl (C=O) groups is 1. The molecule has 0 spiro atoms. The third kappa shape index (κ3) is 6.00. The monoisotopic (exact) mass is 501 g/mol. The predicted octanol–water partition coefficient (Wildman–Crippen LogP) is 2.57. The number of tetrazole rings is 1. The highest BCUT2D eigenvalue weighted by atomic mass is 19.4. The minimum absolute atomic E-state index is 0.198. The Morgan fingerprint density at radius 2 is 1.63 bits per heavy atom. The molecule has 0 unspecified atom stereocenters. The maximum atomic E-state index is 12.7. The topological polar surface area (TPSA) is 134 Å². The third-order valence-corrected chi connectivity index (χ3v) is 4.55. The Bertz CT molecular complexity index is 1300. The number of hydrogen-bond acceptors (Lipinski definition) is 7. The summed E-state index contributed by atoms with van der Waals surface area (Å²) in [7, 11) is 0. The first-order chi connectivity index (χ1) is 16.5. The van der Waals surface area contributed by atoms with E-state index in [1.165, 1.54) is 0 Å². The van der Waals surface area contributed by atoms with Crippen molar-refractivity contribution in [3.8, 4) is 28.3 Å². The minimum atomic E-state index is -5.08. The van der Waals surface area contributed by atoms with Gasteiger partial charge in [0.1, 0.15) is 0 Å². The zero-order chi connectivity index (χ0) is 25.8. The fourth-order valence-corrected chi connectivity index (χ4v) is 2.79. The minimum Gasteiger partial charge on any atom is -0.475 e. The SMILES string of the molecule is NCC(Cn1nnn(-c2ccc(-c3ccc4c(c3)OCO4)cc2)c1=O)=C(F)F.O=C(O)C(F)(F)F. The number of benzene rings is 2. The summed E-state index contributed by atoms with van der Waals surface area (Å²) in [5, 5.41) is 14.5. The first-order valence-electron chi connectivity index (χ1n) is 9.57. The lowest BCUT2D eigenvalue weighted by Gasteiger charge is -2.05. The zero-order valence-electron chi connectivity index (χ0n) is 17.5. The van der Waals surface area contributed by atoms with Gasteiger partial charge in [-0.25, -0.2) is 9.59 Å². The molecule has 2 heterocycles. The van der Waals surface area contributed by atoms with Crippen molar-refractivity contribution in [3.05, 3.63) is 64.6 Å². The second kappa shape index (κ2) is 10.3. The van der Waals surface area contributed by atoms with E-state index in [4.69, 9.17) is 25.1 Å². The lowest BCUT2D eigenvalue weighted by atomic mass is 10.0. The average Bonchev–Trinajstić information content (AvgIpc) is 3.43. The molecule has 0 saturated heterocycles. The van der Waals surface area contributed by atoms with Gasteiger partial charge in [0.05, 0.1) is 12.2 Å². The van der Waals surface area contributed by atoms with Gasteiger partial charge in [-0.15, -0.1) is 0 Å². The highest BCUT2D eigenvalue weighted by molar-refractivity contribution is 5.73. The molecule has 0 atom stereocenters. The number of halogens is 5. The lowest BCUT2D eigenvalue weighted by molar-refractivity contribution is -0.192. The first-order valence-corrected chi connectivity index (χ1v) is 9.57. The number of aromatic nitrogens is 4. The maximum Gasteiger partial charge on any atom is 0.490 e. The molecule has 1 aliphatic rings. The van der Waals surface area contributed by atoms with Gasteiger partial charge in [-0.2, -0.15) is 31.3 Å². The number of rotatable bonds is 5. The molecule has 4 rings (SSSR count). The smallest absolute Gasteiger partial charge is 0.475 e.